The van der Waals surface area contributed by atoms with Crippen molar-refractivity contribution in [3.63, 3.8) is 0 Å². The van der Waals surface area contributed by atoms with Crippen LogP contribution in [0.4, 0.5) is 5.95 Å². The third kappa shape index (κ3) is 4.37. The number of carbonyl (C=O) groups excluding carboxylic acids is 2. The summed E-state index contributed by atoms with van der Waals surface area (Å²) in [6, 6.07) is 13.9. The van der Waals surface area contributed by atoms with E-state index in [2.05, 4.69) is 14.9 Å². The molecule has 0 aliphatic carbocycles. The molecule has 1 amide bonds. The molecule has 0 atom stereocenters. The number of nitrogens with zero attached hydrogens (tertiary/aromatic N) is 3. The number of hydrogen-bond donors (Lipinski definition) is 1. The lowest BCUT2D eigenvalue weighted by atomic mass is 9.99. The predicted octanol–water partition coefficient (Wildman–Crippen LogP) is 3.88. The van der Waals surface area contributed by atoms with Crippen molar-refractivity contribution in [2.75, 3.05) is 31.1 Å². The quantitative estimate of drug-likeness (QED) is 0.655. The Bertz CT molecular complexity index is 1040. The number of para-hydroxylation sites is 2. The lowest BCUT2D eigenvalue weighted by Crippen LogP contribution is -2.35. The van der Waals surface area contributed by atoms with Gasteiger partial charge in [-0.3, -0.25) is 9.59 Å². The summed E-state index contributed by atoms with van der Waals surface area (Å²) in [4.78, 5) is 37.5. The Morgan fingerprint density at radius 1 is 1.00 bits per heavy atom. The number of rotatable bonds is 5. The van der Waals surface area contributed by atoms with E-state index in [1.54, 1.807) is 0 Å². The van der Waals surface area contributed by atoms with Gasteiger partial charge in [-0.25, -0.2) is 4.98 Å². The van der Waals surface area contributed by atoms with Crippen molar-refractivity contribution >= 4 is 28.7 Å². The molecule has 1 N–H and O–H groups in total. The Morgan fingerprint density at radius 3 is 2.67 bits per heavy atom. The summed E-state index contributed by atoms with van der Waals surface area (Å²) in [6.07, 6.45) is 1.40. The first-order chi connectivity index (χ1) is 14.5. The molecule has 1 aliphatic rings. The average molecular weight is 405 g/mol. The number of anilines is 1. The summed E-state index contributed by atoms with van der Waals surface area (Å²) >= 11 is 0. The van der Waals surface area contributed by atoms with Crippen LogP contribution >= 0.6 is 0 Å². The Labute approximate surface area is 176 Å². The molecule has 156 valence electrons. The molecule has 1 aliphatic heterocycles. The smallest absolute Gasteiger partial charge is 0.223 e. The number of hydrogen-bond acceptors (Lipinski definition) is 4. The summed E-state index contributed by atoms with van der Waals surface area (Å²) in [5.41, 5.74) is 4.74. The molecule has 6 heteroatoms. The van der Waals surface area contributed by atoms with E-state index < -0.39 is 0 Å². The van der Waals surface area contributed by atoms with Crippen LogP contribution in [0.15, 0.2) is 42.5 Å². The van der Waals surface area contributed by atoms with Crippen LogP contribution in [0.25, 0.3) is 11.0 Å². The van der Waals surface area contributed by atoms with Gasteiger partial charge in [0.1, 0.15) is 0 Å². The fourth-order valence-electron chi connectivity index (χ4n) is 4.02. The molecule has 0 bridgehead atoms. The van der Waals surface area contributed by atoms with Gasteiger partial charge >= 0.3 is 0 Å². The highest BCUT2D eigenvalue weighted by Gasteiger charge is 2.22. The Hall–Kier alpha value is -3.15. The van der Waals surface area contributed by atoms with E-state index in [1.807, 2.05) is 61.2 Å². The topological polar surface area (TPSA) is 69.3 Å². The van der Waals surface area contributed by atoms with Crippen molar-refractivity contribution in [1.29, 1.82) is 0 Å². The molecular weight excluding hydrogens is 376 g/mol. The second kappa shape index (κ2) is 8.69. The van der Waals surface area contributed by atoms with Crippen LogP contribution in [-0.4, -0.2) is 52.7 Å². The summed E-state index contributed by atoms with van der Waals surface area (Å²) in [7, 11) is 0. The first-order valence-electron chi connectivity index (χ1n) is 10.6. The van der Waals surface area contributed by atoms with Gasteiger partial charge in [0.15, 0.2) is 5.78 Å². The highest BCUT2D eigenvalue weighted by atomic mass is 16.2. The zero-order valence-corrected chi connectivity index (χ0v) is 17.6. The molecule has 0 saturated carbocycles. The Kier molecular flexibility index (Phi) is 5.84. The van der Waals surface area contributed by atoms with Crippen LogP contribution in [0.2, 0.25) is 0 Å². The van der Waals surface area contributed by atoms with Crippen molar-refractivity contribution in [3.8, 4) is 0 Å². The third-order valence-electron chi connectivity index (χ3n) is 5.78. The Balaban J connectivity index is 1.34. The van der Waals surface area contributed by atoms with Gasteiger partial charge in [-0.2, -0.15) is 0 Å². The van der Waals surface area contributed by atoms with E-state index in [1.165, 1.54) is 0 Å². The van der Waals surface area contributed by atoms with Crippen LogP contribution in [0.1, 0.15) is 40.7 Å². The number of imidazole rings is 1. The van der Waals surface area contributed by atoms with Crippen molar-refractivity contribution in [3.05, 3.63) is 59.2 Å². The van der Waals surface area contributed by atoms with Gasteiger partial charge in [0.25, 0.3) is 0 Å². The maximum absolute atomic E-state index is 12.8. The number of H-pyrrole nitrogens is 1. The molecule has 1 aromatic heterocycles. The largest absolute Gasteiger partial charge is 0.341 e. The number of carbonyl (C=O) groups is 2. The fourth-order valence-corrected chi connectivity index (χ4v) is 4.02. The highest BCUT2D eigenvalue weighted by Crippen LogP contribution is 2.19. The molecular formula is C24H28N4O2. The molecule has 6 nitrogen and oxygen atoms in total. The van der Waals surface area contributed by atoms with Gasteiger partial charge in [-0.1, -0.05) is 29.8 Å². The maximum Gasteiger partial charge on any atom is 0.223 e. The first-order valence-corrected chi connectivity index (χ1v) is 10.6. The SMILES string of the molecule is Cc1ccc(C)c(C(=O)CCC(=O)N2CCCN(c3nc4ccccc4[nH]3)CC2)c1. The van der Waals surface area contributed by atoms with Crippen LogP contribution in [-0.2, 0) is 4.79 Å². The van der Waals surface area contributed by atoms with Crippen LogP contribution in [0.5, 0.6) is 0 Å². The monoisotopic (exact) mass is 404 g/mol. The number of aryl methyl sites for hydroxylation is 2. The van der Waals surface area contributed by atoms with Gasteiger partial charge < -0.3 is 14.8 Å². The van der Waals surface area contributed by atoms with Gasteiger partial charge in [0, 0.05) is 44.6 Å². The van der Waals surface area contributed by atoms with E-state index in [4.69, 9.17) is 0 Å². The molecule has 4 rings (SSSR count). The summed E-state index contributed by atoms with van der Waals surface area (Å²) in [5.74, 6) is 0.957. The second-order valence-electron chi connectivity index (χ2n) is 8.04. The summed E-state index contributed by atoms with van der Waals surface area (Å²) in [5, 5.41) is 0. The van der Waals surface area contributed by atoms with Gasteiger partial charge in [0.05, 0.1) is 11.0 Å². The minimum atomic E-state index is 0.0447. The molecule has 0 unspecified atom stereocenters. The van der Waals surface area contributed by atoms with Crippen molar-refractivity contribution < 1.29 is 9.59 Å². The lowest BCUT2D eigenvalue weighted by molar-refractivity contribution is -0.130. The molecule has 2 heterocycles. The number of Topliss-reactive ketones (excluding diaryl/α,β-unsaturated/α-hetero) is 1. The number of nitrogens with one attached hydrogen (secondary N) is 1. The molecule has 1 saturated heterocycles. The van der Waals surface area contributed by atoms with Crippen LogP contribution in [0, 0.1) is 13.8 Å². The van der Waals surface area contributed by atoms with E-state index in [0.717, 1.165) is 53.2 Å². The van der Waals surface area contributed by atoms with E-state index in [-0.39, 0.29) is 24.5 Å². The molecule has 1 fully saturated rings. The first kappa shape index (κ1) is 20.1. The van der Waals surface area contributed by atoms with Crippen molar-refractivity contribution in [1.82, 2.24) is 14.9 Å². The van der Waals surface area contributed by atoms with Crippen molar-refractivity contribution in [2.45, 2.75) is 33.1 Å². The fraction of sp³-hybridized carbons (Fsp3) is 0.375. The molecule has 3 aromatic rings. The van der Waals surface area contributed by atoms with Crippen LogP contribution < -0.4 is 4.90 Å². The third-order valence-corrected chi connectivity index (χ3v) is 5.78. The maximum atomic E-state index is 12.8. The molecule has 30 heavy (non-hydrogen) atoms. The number of aromatic amines is 1. The highest BCUT2D eigenvalue weighted by molar-refractivity contribution is 5.99. The van der Waals surface area contributed by atoms with Gasteiger partial charge in [-0.15, -0.1) is 0 Å². The number of benzene rings is 2. The molecule has 0 spiro atoms. The minimum Gasteiger partial charge on any atom is -0.341 e. The molecule has 2 aromatic carbocycles. The summed E-state index contributed by atoms with van der Waals surface area (Å²) < 4.78 is 0. The predicted molar refractivity (Wildman–Crippen MR) is 119 cm³/mol. The van der Waals surface area contributed by atoms with Crippen LogP contribution in [0.3, 0.4) is 0 Å². The zero-order chi connectivity index (χ0) is 21.1. The minimum absolute atomic E-state index is 0.0447. The number of ketones is 1. The lowest BCUT2D eigenvalue weighted by Gasteiger charge is -2.21. The van der Waals surface area contributed by atoms with Gasteiger partial charge in [0.2, 0.25) is 11.9 Å². The van der Waals surface area contributed by atoms with Gasteiger partial charge in [-0.05, 0) is 44.0 Å². The number of aromatic nitrogens is 2. The Morgan fingerprint density at radius 2 is 1.83 bits per heavy atom. The number of fused-ring (bicyclic) bond motifs is 1. The van der Waals surface area contributed by atoms with E-state index in [0.29, 0.717) is 13.1 Å². The summed E-state index contributed by atoms with van der Waals surface area (Å²) in [6.45, 7) is 6.87. The zero-order valence-electron chi connectivity index (χ0n) is 17.6. The molecule has 0 radical (unpaired) electrons. The second-order valence-corrected chi connectivity index (χ2v) is 8.04. The normalized spacial score (nSPS) is 14.7. The average Bonchev–Trinajstić information content (AvgIpc) is 3.02. The number of amides is 1. The van der Waals surface area contributed by atoms with E-state index >= 15 is 0 Å². The van der Waals surface area contributed by atoms with E-state index in [9.17, 15) is 9.59 Å². The van der Waals surface area contributed by atoms with Crippen molar-refractivity contribution in [2.24, 2.45) is 0 Å². The standard InChI is InChI=1S/C24H28N4O2/c1-17-8-9-18(2)19(16-17)22(29)10-11-23(30)27-12-5-13-28(15-14-27)24-25-20-6-3-4-7-21(20)26-24/h3-4,6-9,16H,5,10-15H2,1-2H3,(H,25,26).